The first-order chi connectivity index (χ1) is 9.13. The number of rotatable bonds is 9. The van der Waals surface area contributed by atoms with Crippen LogP contribution >= 0.6 is 0 Å². The van der Waals surface area contributed by atoms with Crippen molar-refractivity contribution in [3.63, 3.8) is 0 Å². The van der Waals surface area contributed by atoms with Gasteiger partial charge in [0.25, 0.3) is 0 Å². The fourth-order valence-corrected chi connectivity index (χ4v) is 2.16. The Hall–Kier alpha value is -1.06. The summed E-state index contributed by atoms with van der Waals surface area (Å²) in [5.74, 6) is 0. The molecule has 3 heteroatoms. The number of anilines is 1. The van der Waals surface area contributed by atoms with Gasteiger partial charge in [-0.3, -0.25) is 4.90 Å². The molecule has 0 aliphatic rings. The third-order valence-corrected chi connectivity index (χ3v) is 3.45. The molecule has 0 fully saturated rings. The van der Waals surface area contributed by atoms with Crippen molar-refractivity contribution in [1.29, 1.82) is 0 Å². The smallest absolute Gasteiger partial charge is 0.0431 e. The second kappa shape index (κ2) is 8.94. The average Bonchev–Trinajstić information content (AvgIpc) is 2.39. The Bertz CT molecular complexity index is 335. The summed E-state index contributed by atoms with van der Waals surface area (Å²) in [5, 5.41) is 8.76. The quantitative estimate of drug-likeness (QED) is 0.532. The predicted octanol–water partition coefficient (Wildman–Crippen LogP) is 3.03. The molecule has 0 atom stereocenters. The molecule has 0 saturated heterocycles. The highest BCUT2D eigenvalue weighted by Gasteiger charge is 2.09. The van der Waals surface area contributed by atoms with Crippen molar-refractivity contribution in [1.82, 2.24) is 4.90 Å². The fourth-order valence-electron chi connectivity index (χ4n) is 2.16. The zero-order valence-corrected chi connectivity index (χ0v) is 12.3. The van der Waals surface area contributed by atoms with Crippen LogP contribution in [0.25, 0.3) is 0 Å². The molecule has 0 aromatic heterocycles. The van der Waals surface area contributed by atoms with E-state index in [4.69, 9.17) is 10.8 Å². The number of hydrogen-bond donors (Lipinski definition) is 2. The molecule has 19 heavy (non-hydrogen) atoms. The average molecular weight is 264 g/mol. The first kappa shape index (κ1) is 16.0. The van der Waals surface area contributed by atoms with E-state index in [1.165, 1.54) is 18.4 Å². The first-order valence-electron chi connectivity index (χ1n) is 7.33. The number of unbranched alkanes of at least 4 members (excludes halogenated alkanes) is 3. The maximum atomic E-state index is 8.76. The zero-order valence-electron chi connectivity index (χ0n) is 12.3. The van der Waals surface area contributed by atoms with Gasteiger partial charge in [-0.05, 0) is 50.9 Å². The summed E-state index contributed by atoms with van der Waals surface area (Å²) in [4.78, 5) is 2.49. The summed E-state index contributed by atoms with van der Waals surface area (Å²) in [7, 11) is 0. The molecule has 0 spiro atoms. The largest absolute Gasteiger partial charge is 0.399 e. The van der Waals surface area contributed by atoms with E-state index in [2.05, 4.69) is 30.9 Å². The van der Waals surface area contributed by atoms with Gasteiger partial charge in [0, 0.05) is 24.9 Å². The van der Waals surface area contributed by atoms with Gasteiger partial charge < -0.3 is 10.8 Å². The van der Waals surface area contributed by atoms with Crippen LogP contribution in [0.15, 0.2) is 24.3 Å². The first-order valence-corrected chi connectivity index (χ1v) is 7.33. The molecule has 0 unspecified atom stereocenters. The molecular formula is C16H28N2O. The van der Waals surface area contributed by atoms with Gasteiger partial charge in [0.1, 0.15) is 0 Å². The van der Waals surface area contributed by atoms with Crippen LogP contribution in [0.1, 0.15) is 45.1 Å². The molecule has 1 aromatic rings. The number of aliphatic hydroxyl groups is 1. The lowest BCUT2D eigenvalue weighted by Gasteiger charge is -2.26. The van der Waals surface area contributed by atoms with Crippen LogP contribution in [0.2, 0.25) is 0 Å². The Labute approximate surface area is 117 Å². The SMILES string of the molecule is CC(C)N(CCCCCCO)Cc1ccc(N)cc1. The summed E-state index contributed by atoms with van der Waals surface area (Å²) in [6.07, 6.45) is 4.46. The summed E-state index contributed by atoms with van der Waals surface area (Å²) in [5.41, 5.74) is 7.85. The molecule has 0 radical (unpaired) electrons. The van der Waals surface area contributed by atoms with E-state index < -0.39 is 0 Å². The van der Waals surface area contributed by atoms with Crippen LogP contribution in [0, 0.1) is 0 Å². The Morgan fingerprint density at radius 2 is 1.68 bits per heavy atom. The van der Waals surface area contributed by atoms with Crippen molar-refractivity contribution in [3.8, 4) is 0 Å². The van der Waals surface area contributed by atoms with E-state index in [9.17, 15) is 0 Å². The fraction of sp³-hybridized carbons (Fsp3) is 0.625. The van der Waals surface area contributed by atoms with E-state index in [1.54, 1.807) is 0 Å². The molecule has 3 N–H and O–H groups in total. The maximum Gasteiger partial charge on any atom is 0.0431 e. The Morgan fingerprint density at radius 3 is 2.26 bits per heavy atom. The van der Waals surface area contributed by atoms with E-state index in [-0.39, 0.29) is 0 Å². The number of nitrogens with zero attached hydrogens (tertiary/aromatic N) is 1. The third kappa shape index (κ3) is 6.60. The Kier molecular flexibility index (Phi) is 7.53. The van der Waals surface area contributed by atoms with Crippen LogP contribution in [0.3, 0.4) is 0 Å². The van der Waals surface area contributed by atoms with Crippen molar-refractivity contribution in [2.24, 2.45) is 0 Å². The van der Waals surface area contributed by atoms with Crippen molar-refractivity contribution < 1.29 is 5.11 Å². The second-order valence-electron chi connectivity index (χ2n) is 5.44. The van der Waals surface area contributed by atoms with Crippen molar-refractivity contribution in [2.75, 3.05) is 18.9 Å². The standard InChI is InChI=1S/C16H28N2O/c1-14(2)18(11-5-3-4-6-12-19)13-15-7-9-16(17)10-8-15/h7-10,14,19H,3-6,11-13,17H2,1-2H3. The molecular weight excluding hydrogens is 236 g/mol. The van der Waals surface area contributed by atoms with Crippen LogP contribution in [-0.2, 0) is 6.54 Å². The zero-order chi connectivity index (χ0) is 14.1. The lowest BCUT2D eigenvalue weighted by Crippen LogP contribution is -2.31. The van der Waals surface area contributed by atoms with Crippen molar-refractivity contribution in [2.45, 2.75) is 52.1 Å². The topological polar surface area (TPSA) is 49.5 Å². The number of nitrogen functional groups attached to an aromatic ring is 1. The van der Waals surface area contributed by atoms with Gasteiger partial charge in [-0.25, -0.2) is 0 Å². The molecule has 0 aliphatic carbocycles. The lowest BCUT2D eigenvalue weighted by molar-refractivity contribution is 0.206. The van der Waals surface area contributed by atoms with Gasteiger partial charge in [0.05, 0.1) is 0 Å². The molecule has 0 amide bonds. The van der Waals surface area contributed by atoms with E-state index >= 15 is 0 Å². The second-order valence-corrected chi connectivity index (χ2v) is 5.44. The van der Waals surface area contributed by atoms with Gasteiger partial charge in [0.2, 0.25) is 0 Å². The molecule has 1 rings (SSSR count). The molecule has 0 heterocycles. The highest BCUT2D eigenvalue weighted by atomic mass is 16.2. The van der Waals surface area contributed by atoms with Crippen LogP contribution in [-0.4, -0.2) is 29.2 Å². The Balaban J connectivity index is 2.38. The summed E-state index contributed by atoms with van der Waals surface area (Å²) < 4.78 is 0. The minimum atomic E-state index is 0.319. The van der Waals surface area contributed by atoms with Gasteiger partial charge in [0.15, 0.2) is 0 Å². The van der Waals surface area contributed by atoms with Gasteiger partial charge in [-0.1, -0.05) is 25.0 Å². The summed E-state index contributed by atoms with van der Waals surface area (Å²) in [6, 6.07) is 8.70. The van der Waals surface area contributed by atoms with Crippen LogP contribution in [0.5, 0.6) is 0 Å². The molecule has 3 nitrogen and oxygen atoms in total. The molecule has 0 bridgehead atoms. The lowest BCUT2D eigenvalue weighted by atomic mass is 10.1. The molecule has 0 aliphatic heterocycles. The third-order valence-electron chi connectivity index (χ3n) is 3.45. The van der Waals surface area contributed by atoms with Crippen LogP contribution in [0.4, 0.5) is 5.69 Å². The van der Waals surface area contributed by atoms with Crippen LogP contribution < -0.4 is 5.73 Å². The van der Waals surface area contributed by atoms with Gasteiger partial charge >= 0.3 is 0 Å². The van der Waals surface area contributed by atoms with Gasteiger partial charge in [-0.2, -0.15) is 0 Å². The minimum Gasteiger partial charge on any atom is -0.399 e. The van der Waals surface area contributed by atoms with Crippen molar-refractivity contribution in [3.05, 3.63) is 29.8 Å². The number of aliphatic hydroxyl groups excluding tert-OH is 1. The minimum absolute atomic E-state index is 0.319. The highest BCUT2D eigenvalue weighted by molar-refractivity contribution is 5.39. The molecule has 0 saturated carbocycles. The number of hydrogen-bond acceptors (Lipinski definition) is 3. The molecule has 108 valence electrons. The maximum absolute atomic E-state index is 8.76. The normalized spacial score (nSPS) is 11.4. The van der Waals surface area contributed by atoms with E-state index in [1.807, 2.05) is 12.1 Å². The number of benzene rings is 1. The summed E-state index contributed by atoms with van der Waals surface area (Å²) in [6.45, 7) is 6.90. The van der Waals surface area contributed by atoms with E-state index in [0.717, 1.165) is 31.6 Å². The highest BCUT2D eigenvalue weighted by Crippen LogP contribution is 2.12. The summed E-state index contributed by atoms with van der Waals surface area (Å²) >= 11 is 0. The molecule has 1 aromatic carbocycles. The predicted molar refractivity (Wildman–Crippen MR) is 82.0 cm³/mol. The van der Waals surface area contributed by atoms with Crippen molar-refractivity contribution >= 4 is 5.69 Å². The van der Waals surface area contributed by atoms with E-state index in [0.29, 0.717) is 12.6 Å². The monoisotopic (exact) mass is 264 g/mol. The van der Waals surface area contributed by atoms with Gasteiger partial charge in [-0.15, -0.1) is 0 Å². The number of nitrogens with two attached hydrogens (primary N) is 1. The Morgan fingerprint density at radius 1 is 1.05 bits per heavy atom.